The van der Waals surface area contributed by atoms with Crippen LogP contribution in [0.3, 0.4) is 0 Å². The predicted molar refractivity (Wildman–Crippen MR) is 210 cm³/mol. The van der Waals surface area contributed by atoms with Crippen molar-refractivity contribution in [1.29, 1.82) is 0 Å². The van der Waals surface area contributed by atoms with Crippen molar-refractivity contribution in [2.75, 3.05) is 40.5 Å². The third-order valence-electron chi connectivity index (χ3n) is 10.8. The Labute approximate surface area is 344 Å². The number of allylic oxidation sites excluding steroid dienone is 1. The van der Waals surface area contributed by atoms with Gasteiger partial charge in [0, 0.05) is 32.1 Å². The smallest absolute Gasteiger partial charge is 0.391 e. The van der Waals surface area contributed by atoms with E-state index < -0.39 is 47.7 Å². The number of carbonyl (C=O) groups is 6. The van der Waals surface area contributed by atoms with Crippen molar-refractivity contribution in [3.8, 4) is 11.5 Å². The average molecular weight is 834 g/mol. The molecule has 2 aliphatic heterocycles. The Bertz CT molecular complexity index is 2150. The van der Waals surface area contributed by atoms with Crippen LogP contribution < -0.4 is 20.1 Å². The van der Waals surface area contributed by atoms with Crippen LogP contribution in [-0.4, -0.2) is 103 Å². The molecule has 3 aromatic rings. The van der Waals surface area contributed by atoms with Gasteiger partial charge in [-0.15, -0.1) is 0 Å². The molecular formula is C43H46F3N5O9. The summed E-state index contributed by atoms with van der Waals surface area (Å²) in [5.74, 6) is -3.44. The lowest BCUT2D eigenvalue weighted by Crippen LogP contribution is -2.54. The molecule has 1 aliphatic carbocycles. The molecule has 3 aliphatic rings. The van der Waals surface area contributed by atoms with E-state index in [0.29, 0.717) is 36.4 Å². The molecule has 0 spiro atoms. The van der Waals surface area contributed by atoms with E-state index in [2.05, 4.69) is 15.6 Å². The van der Waals surface area contributed by atoms with Gasteiger partial charge in [-0.05, 0) is 73.4 Å². The number of fused-ring (bicyclic) bond motifs is 1. The first-order valence-electron chi connectivity index (χ1n) is 19.7. The molecular weight excluding hydrogens is 787 g/mol. The van der Waals surface area contributed by atoms with Crippen molar-refractivity contribution in [2.24, 2.45) is 11.8 Å². The normalized spacial score (nSPS) is 19.3. The second-order valence-electron chi connectivity index (χ2n) is 14.9. The lowest BCUT2D eigenvalue weighted by atomic mass is 9.81. The molecule has 17 heteroatoms. The Hall–Kier alpha value is -6.10. The Kier molecular flexibility index (Phi) is 14.0. The highest BCUT2D eigenvalue weighted by atomic mass is 19.4. The fraction of sp³-hybridized carbons (Fsp3) is 0.419. The monoisotopic (exact) mass is 833 g/mol. The van der Waals surface area contributed by atoms with E-state index in [-0.39, 0.29) is 87.1 Å². The van der Waals surface area contributed by atoms with Crippen molar-refractivity contribution in [1.82, 2.24) is 25.4 Å². The van der Waals surface area contributed by atoms with Gasteiger partial charge in [0.1, 0.15) is 29.8 Å². The van der Waals surface area contributed by atoms with Crippen molar-refractivity contribution < 1.29 is 56.1 Å². The standard InChI is InChI=1S/C43H46F3N5O9/c1-50(16-17-59-18-19-60-31-12-13-32-33(23-31)42(57)51(41(32)56)35-14-15-37(52)49-40(35)55)38(53)21-27-4-3-5-28(20-27)24-48-39(54)34-22-29(36(58-2)25-47-34)9-6-26-7-10-30(11-8-26)43(44,45)46/h3-6,9,12-13,20,22-23,25-26,30,35H,7-8,10-11,14-19,21,24H2,1-2H3,(H,48,54)(H,49,52,55)/b9-6+. The molecule has 0 bridgehead atoms. The first-order valence-corrected chi connectivity index (χ1v) is 19.7. The van der Waals surface area contributed by atoms with Gasteiger partial charge in [-0.2, -0.15) is 13.2 Å². The molecule has 1 atom stereocenters. The average Bonchev–Trinajstić information content (AvgIpc) is 3.47. The molecule has 2 aromatic carbocycles. The highest BCUT2D eigenvalue weighted by Crippen LogP contribution is 2.40. The number of ether oxygens (including phenoxy) is 3. The lowest BCUT2D eigenvalue weighted by molar-refractivity contribution is -0.183. The first-order chi connectivity index (χ1) is 28.7. The van der Waals surface area contributed by atoms with Gasteiger partial charge in [0.15, 0.2) is 0 Å². The number of likely N-dealkylation sites (N-methyl/N-ethyl adjacent to an activating group) is 1. The quantitative estimate of drug-likeness (QED) is 0.149. The number of hydrogen-bond donors (Lipinski definition) is 2. The fourth-order valence-corrected chi connectivity index (χ4v) is 7.38. The van der Waals surface area contributed by atoms with E-state index in [4.69, 9.17) is 14.2 Å². The van der Waals surface area contributed by atoms with Crippen molar-refractivity contribution >= 4 is 41.5 Å². The molecule has 0 radical (unpaired) electrons. The van der Waals surface area contributed by atoms with Gasteiger partial charge in [-0.3, -0.25) is 39.0 Å². The molecule has 2 N–H and O–H groups in total. The second kappa shape index (κ2) is 19.3. The molecule has 1 unspecified atom stereocenters. The topological polar surface area (TPSA) is 174 Å². The zero-order valence-corrected chi connectivity index (χ0v) is 33.2. The number of alkyl halides is 3. The number of amides is 6. The highest BCUT2D eigenvalue weighted by Gasteiger charge is 2.45. The first kappa shape index (κ1) is 43.5. The van der Waals surface area contributed by atoms with Crippen LogP contribution in [0.5, 0.6) is 11.5 Å². The van der Waals surface area contributed by atoms with Gasteiger partial charge in [0.05, 0.1) is 50.0 Å². The Morgan fingerprint density at radius 3 is 2.43 bits per heavy atom. The van der Waals surface area contributed by atoms with E-state index in [1.165, 1.54) is 25.4 Å². The fourth-order valence-electron chi connectivity index (χ4n) is 7.38. The molecule has 2 fully saturated rings. The van der Waals surface area contributed by atoms with Crippen molar-refractivity contribution in [3.63, 3.8) is 0 Å². The number of nitrogens with one attached hydrogen (secondary N) is 2. The zero-order chi connectivity index (χ0) is 43.0. The minimum absolute atomic E-state index is 0.00331. The number of halogens is 3. The van der Waals surface area contributed by atoms with E-state index >= 15 is 0 Å². The van der Waals surface area contributed by atoms with Gasteiger partial charge in [-0.25, -0.2) is 4.98 Å². The maximum atomic E-state index is 13.1. The Morgan fingerprint density at radius 2 is 1.70 bits per heavy atom. The summed E-state index contributed by atoms with van der Waals surface area (Å²) < 4.78 is 56.0. The third-order valence-corrected chi connectivity index (χ3v) is 10.8. The summed E-state index contributed by atoms with van der Waals surface area (Å²) >= 11 is 0. The Morgan fingerprint density at radius 1 is 0.950 bits per heavy atom. The number of aromatic nitrogens is 1. The molecule has 60 heavy (non-hydrogen) atoms. The summed E-state index contributed by atoms with van der Waals surface area (Å²) in [6.45, 7) is 1.03. The van der Waals surface area contributed by atoms with Crippen LogP contribution >= 0.6 is 0 Å². The lowest BCUT2D eigenvalue weighted by Gasteiger charge is -2.28. The van der Waals surface area contributed by atoms with Gasteiger partial charge in [0.2, 0.25) is 17.7 Å². The summed E-state index contributed by atoms with van der Waals surface area (Å²) in [6.07, 6.45) is 2.17. The molecule has 1 saturated carbocycles. The third kappa shape index (κ3) is 10.7. The molecule has 14 nitrogen and oxygen atoms in total. The number of rotatable bonds is 16. The number of benzene rings is 2. The van der Waals surface area contributed by atoms with Gasteiger partial charge in [0.25, 0.3) is 17.7 Å². The predicted octanol–water partition coefficient (Wildman–Crippen LogP) is 4.90. The molecule has 318 valence electrons. The molecule has 1 saturated heterocycles. The van der Waals surface area contributed by atoms with Crippen LogP contribution in [-0.2, 0) is 32.1 Å². The summed E-state index contributed by atoms with van der Waals surface area (Å²) in [7, 11) is 3.14. The van der Waals surface area contributed by atoms with E-state index in [1.54, 1.807) is 36.2 Å². The molecule has 1 aromatic heterocycles. The number of methoxy groups -OCH3 is 1. The maximum absolute atomic E-state index is 13.1. The maximum Gasteiger partial charge on any atom is 0.391 e. The summed E-state index contributed by atoms with van der Waals surface area (Å²) in [4.78, 5) is 82.4. The van der Waals surface area contributed by atoms with Crippen molar-refractivity contribution in [2.45, 2.75) is 63.7 Å². The number of imide groups is 2. The number of carbonyl (C=O) groups excluding carboxylic acids is 6. The molecule has 6 rings (SSSR count). The number of nitrogens with zero attached hydrogens (tertiary/aromatic N) is 3. The van der Waals surface area contributed by atoms with Crippen LogP contribution in [0.25, 0.3) is 6.08 Å². The van der Waals surface area contributed by atoms with Crippen LogP contribution in [0.1, 0.15) is 86.4 Å². The van der Waals surface area contributed by atoms with Gasteiger partial charge in [-0.1, -0.05) is 36.4 Å². The second-order valence-corrected chi connectivity index (χ2v) is 14.9. The summed E-state index contributed by atoms with van der Waals surface area (Å²) in [5, 5.41) is 5.01. The van der Waals surface area contributed by atoms with E-state index in [0.717, 1.165) is 16.0 Å². The number of piperidine rings is 1. The van der Waals surface area contributed by atoms with Gasteiger partial charge >= 0.3 is 6.18 Å². The largest absolute Gasteiger partial charge is 0.495 e. The SMILES string of the molecule is COc1cnc(C(=O)NCc2cccc(CC(=O)N(C)CCOCCOc3ccc4c(c3)C(=O)N(C3CCC(=O)NC3=O)C4=O)c2)cc1/C=C/C1CCC(C(F)(F)F)CC1. The van der Waals surface area contributed by atoms with E-state index in [1.807, 2.05) is 24.3 Å². The Balaban J connectivity index is 0.906. The number of hydrogen-bond acceptors (Lipinski definition) is 10. The van der Waals surface area contributed by atoms with Gasteiger partial charge < -0.3 is 24.4 Å². The molecule has 6 amide bonds. The summed E-state index contributed by atoms with van der Waals surface area (Å²) in [6, 6.07) is 12.2. The molecule has 3 heterocycles. The minimum atomic E-state index is -4.17. The summed E-state index contributed by atoms with van der Waals surface area (Å²) in [5.41, 5.74) is 2.52. The van der Waals surface area contributed by atoms with Crippen LogP contribution in [0, 0.1) is 11.8 Å². The number of pyridine rings is 1. The van der Waals surface area contributed by atoms with Crippen molar-refractivity contribution in [3.05, 3.63) is 94.3 Å². The highest BCUT2D eigenvalue weighted by molar-refractivity contribution is 6.23. The van der Waals surface area contributed by atoms with Crippen LogP contribution in [0.2, 0.25) is 0 Å². The van der Waals surface area contributed by atoms with Crippen LogP contribution in [0.4, 0.5) is 13.2 Å². The van der Waals surface area contributed by atoms with Crippen LogP contribution in [0.15, 0.2) is 60.8 Å². The minimum Gasteiger partial charge on any atom is -0.495 e. The zero-order valence-electron chi connectivity index (χ0n) is 33.2. The van der Waals surface area contributed by atoms with E-state index in [9.17, 15) is 41.9 Å².